The van der Waals surface area contributed by atoms with Gasteiger partial charge in [0, 0.05) is 76.5 Å². The number of rotatable bonds is 5. The number of thiophene rings is 1. The molecule has 61 heavy (non-hydrogen) atoms. The lowest BCUT2D eigenvalue weighted by Crippen LogP contribution is -2.00. The topological polar surface area (TPSA) is 69.6 Å². The van der Waals surface area contributed by atoms with Gasteiger partial charge in [-0.25, -0.2) is 15.0 Å². The number of hydrogen-bond acceptors (Lipinski definition) is 6. The van der Waals surface area contributed by atoms with Crippen LogP contribution in [0.2, 0.25) is 0 Å². The van der Waals surface area contributed by atoms with E-state index in [9.17, 15) is 0 Å². The third-order valence-electron chi connectivity index (χ3n) is 11.9. The van der Waals surface area contributed by atoms with E-state index in [0.29, 0.717) is 17.5 Å². The SMILES string of the molecule is c1ccc2cc(-c3nc(-c4ccc(-n5c6ccccc6c6ccc(-c7ccc8sc9ccccc9c8c7)cc65)cc4)nc(-c4ccc5c(c4)oc4ccncc45)n3)ccc2c1. The highest BCUT2D eigenvalue weighted by Crippen LogP contribution is 2.39. The summed E-state index contributed by atoms with van der Waals surface area (Å²) in [4.78, 5) is 19.6. The summed E-state index contributed by atoms with van der Waals surface area (Å²) in [6, 6.07) is 62.3. The second kappa shape index (κ2) is 13.3. The van der Waals surface area contributed by atoms with Gasteiger partial charge in [-0.1, -0.05) is 97.1 Å². The molecule has 0 bridgehead atoms. The first-order valence-electron chi connectivity index (χ1n) is 20.3. The minimum absolute atomic E-state index is 0.571. The van der Waals surface area contributed by atoms with Crippen LogP contribution in [0.5, 0.6) is 0 Å². The summed E-state index contributed by atoms with van der Waals surface area (Å²) in [5.41, 5.74) is 9.95. The van der Waals surface area contributed by atoms with Crippen LogP contribution < -0.4 is 0 Å². The zero-order valence-electron chi connectivity index (χ0n) is 32.5. The van der Waals surface area contributed by atoms with E-state index in [1.807, 2.05) is 35.7 Å². The second-order valence-electron chi connectivity index (χ2n) is 15.5. The van der Waals surface area contributed by atoms with Gasteiger partial charge in [-0.2, -0.15) is 0 Å². The van der Waals surface area contributed by atoms with Gasteiger partial charge in [0.15, 0.2) is 17.5 Å². The Bertz CT molecular complexity index is 3900. The van der Waals surface area contributed by atoms with Crippen LogP contribution in [0.1, 0.15) is 0 Å². The van der Waals surface area contributed by atoms with Crippen molar-refractivity contribution in [1.82, 2.24) is 24.5 Å². The summed E-state index contributed by atoms with van der Waals surface area (Å²) in [7, 11) is 0. The lowest BCUT2D eigenvalue weighted by atomic mass is 10.0. The van der Waals surface area contributed by atoms with Gasteiger partial charge >= 0.3 is 0 Å². The van der Waals surface area contributed by atoms with Gasteiger partial charge in [-0.3, -0.25) is 4.98 Å². The van der Waals surface area contributed by atoms with Crippen LogP contribution in [0.4, 0.5) is 0 Å². The number of aromatic nitrogens is 5. The first-order valence-corrected chi connectivity index (χ1v) is 21.1. The fraction of sp³-hybridized carbons (Fsp3) is 0. The molecule has 0 aliphatic heterocycles. The molecule has 0 spiro atoms. The van der Waals surface area contributed by atoms with Crippen LogP contribution in [0.15, 0.2) is 193 Å². The Balaban J connectivity index is 0.941. The molecule has 0 saturated heterocycles. The number of benzene rings is 8. The first kappa shape index (κ1) is 33.9. The maximum atomic E-state index is 6.25. The summed E-state index contributed by atoms with van der Waals surface area (Å²) in [6.45, 7) is 0. The molecule has 7 heteroatoms. The maximum absolute atomic E-state index is 6.25. The van der Waals surface area contributed by atoms with Crippen molar-refractivity contribution in [3.8, 4) is 51.0 Å². The quantitative estimate of drug-likeness (QED) is 0.173. The molecule has 0 saturated carbocycles. The molecule has 0 atom stereocenters. The molecule has 13 rings (SSSR count). The van der Waals surface area contributed by atoms with Gasteiger partial charge in [0.25, 0.3) is 0 Å². The third-order valence-corrected chi connectivity index (χ3v) is 13.1. The number of furan rings is 1. The summed E-state index contributed by atoms with van der Waals surface area (Å²) in [5.74, 6) is 1.77. The molecule has 0 aliphatic carbocycles. The van der Waals surface area contributed by atoms with Crippen molar-refractivity contribution < 1.29 is 4.42 Å². The van der Waals surface area contributed by atoms with Gasteiger partial charge < -0.3 is 8.98 Å². The molecular weight excluding hydrogens is 767 g/mol. The van der Waals surface area contributed by atoms with E-state index in [1.165, 1.54) is 42.1 Å². The van der Waals surface area contributed by atoms with E-state index in [-0.39, 0.29) is 0 Å². The Hall–Kier alpha value is -8.00. The molecule has 5 heterocycles. The Kier molecular flexibility index (Phi) is 7.37. The predicted octanol–water partition coefficient (Wildman–Crippen LogP) is 14.5. The van der Waals surface area contributed by atoms with Crippen LogP contribution in [-0.4, -0.2) is 24.5 Å². The van der Waals surface area contributed by atoms with Crippen LogP contribution in [-0.2, 0) is 0 Å². The number of pyridine rings is 1. The van der Waals surface area contributed by atoms with E-state index in [0.717, 1.165) is 66.1 Å². The van der Waals surface area contributed by atoms with Crippen molar-refractivity contribution in [2.45, 2.75) is 0 Å². The van der Waals surface area contributed by atoms with Crippen molar-refractivity contribution in [2.75, 3.05) is 0 Å². The molecule has 6 nitrogen and oxygen atoms in total. The van der Waals surface area contributed by atoms with Gasteiger partial charge in [-0.05, 0) is 101 Å². The number of fused-ring (bicyclic) bond motifs is 10. The van der Waals surface area contributed by atoms with Crippen LogP contribution in [0.25, 0.3) is 126 Å². The molecule has 8 aromatic carbocycles. The Labute approximate surface area is 352 Å². The zero-order valence-corrected chi connectivity index (χ0v) is 33.3. The monoisotopic (exact) mass is 797 g/mol. The Morgan fingerprint density at radius 2 is 1.03 bits per heavy atom. The average Bonchev–Trinajstić information content (AvgIpc) is 4.00. The molecule has 284 valence electrons. The fourth-order valence-electron chi connectivity index (χ4n) is 8.94. The smallest absolute Gasteiger partial charge is 0.164 e. The van der Waals surface area contributed by atoms with Crippen molar-refractivity contribution >= 4 is 86.0 Å². The largest absolute Gasteiger partial charge is 0.456 e. The summed E-state index contributed by atoms with van der Waals surface area (Å²) >= 11 is 1.85. The van der Waals surface area contributed by atoms with Gasteiger partial charge in [0.05, 0.1) is 11.0 Å². The third kappa shape index (κ3) is 5.48. The minimum Gasteiger partial charge on any atom is -0.456 e. The Morgan fingerprint density at radius 3 is 1.92 bits per heavy atom. The van der Waals surface area contributed by atoms with Gasteiger partial charge in [-0.15, -0.1) is 11.3 Å². The average molecular weight is 798 g/mol. The summed E-state index contributed by atoms with van der Waals surface area (Å²) < 4.78 is 11.2. The molecule has 0 radical (unpaired) electrons. The maximum Gasteiger partial charge on any atom is 0.164 e. The first-order chi connectivity index (χ1) is 30.2. The lowest BCUT2D eigenvalue weighted by Gasteiger charge is -2.11. The molecule has 0 N–H and O–H groups in total. The number of hydrogen-bond donors (Lipinski definition) is 0. The van der Waals surface area contributed by atoms with E-state index >= 15 is 0 Å². The lowest BCUT2D eigenvalue weighted by molar-refractivity contribution is 0.668. The van der Waals surface area contributed by atoms with E-state index in [2.05, 4.69) is 167 Å². The minimum atomic E-state index is 0.571. The molecule has 0 aliphatic rings. The van der Waals surface area contributed by atoms with Crippen molar-refractivity contribution in [3.63, 3.8) is 0 Å². The standard InChI is InChI=1S/C54H31N5OS/c1-2-8-34-27-37(14-13-32(34)7-1)53-56-52(57-54(58-53)38-18-23-42-45-31-55-26-25-48(45)60-49(42)30-38)33-15-20-39(21-16-33)59-46-11-5-3-9-40(46)41-22-17-36(29-47(41)59)35-19-24-51-44(28-35)43-10-4-6-12-50(43)61-51/h1-31H. The molecule has 0 fully saturated rings. The molecule has 13 aromatic rings. The zero-order chi connectivity index (χ0) is 40.0. The molecular formula is C54H31N5OS. The molecule has 5 aromatic heterocycles. The fourth-order valence-corrected chi connectivity index (χ4v) is 10.0. The summed E-state index contributed by atoms with van der Waals surface area (Å²) in [6.07, 6.45) is 3.59. The normalized spacial score (nSPS) is 11.9. The van der Waals surface area contributed by atoms with Crippen molar-refractivity contribution in [3.05, 3.63) is 188 Å². The summed E-state index contributed by atoms with van der Waals surface area (Å²) in [5, 5.41) is 9.30. The Morgan fingerprint density at radius 1 is 0.393 bits per heavy atom. The molecule has 0 unspecified atom stereocenters. The van der Waals surface area contributed by atoms with Crippen molar-refractivity contribution in [2.24, 2.45) is 0 Å². The van der Waals surface area contributed by atoms with Gasteiger partial charge in [0.1, 0.15) is 11.2 Å². The second-order valence-corrected chi connectivity index (χ2v) is 16.6. The van der Waals surface area contributed by atoms with E-state index in [1.54, 1.807) is 6.20 Å². The van der Waals surface area contributed by atoms with Crippen molar-refractivity contribution in [1.29, 1.82) is 0 Å². The van der Waals surface area contributed by atoms with E-state index < -0.39 is 0 Å². The highest BCUT2D eigenvalue weighted by Gasteiger charge is 2.18. The highest BCUT2D eigenvalue weighted by atomic mass is 32.1. The predicted molar refractivity (Wildman–Crippen MR) is 251 cm³/mol. The molecule has 0 amide bonds. The van der Waals surface area contributed by atoms with Crippen LogP contribution in [0.3, 0.4) is 0 Å². The highest BCUT2D eigenvalue weighted by molar-refractivity contribution is 7.25. The number of para-hydroxylation sites is 1. The van der Waals surface area contributed by atoms with Crippen LogP contribution >= 0.6 is 11.3 Å². The van der Waals surface area contributed by atoms with Crippen LogP contribution in [0, 0.1) is 0 Å². The van der Waals surface area contributed by atoms with Gasteiger partial charge in [0.2, 0.25) is 0 Å². The number of nitrogens with zero attached hydrogens (tertiary/aromatic N) is 5. The van der Waals surface area contributed by atoms with E-state index in [4.69, 9.17) is 19.4 Å².